The van der Waals surface area contributed by atoms with E-state index in [2.05, 4.69) is 20.9 Å². The number of unbranched alkanes of at least 4 members (excludes halogenated alkanes) is 1. The van der Waals surface area contributed by atoms with Crippen LogP contribution in [0.5, 0.6) is 5.75 Å². The Morgan fingerprint density at radius 3 is 2.88 bits per heavy atom. The van der Waals surface area contributed by atoms with Crippen LogP contribution in [0, 0.1) is 0 Å². The molecule has 1 heterocycles. The number of halogens is 1. The summed E-state index contributed by atoms with van der Waals surface area (Å²) in [5.41, 5.74) is 0.674. The van der Waals surface area contributed by atoms with Gasteiger partial charge in [-0.25, -0.2) is 0 Å². The number of ether oxygens (including phenoxy) is 1. The van der Waals surface area contributed by atoms with Gasteiger partial charge in [0, 0.05) is 16.8 Å². The second kappa shape index (κ2) is 5.87. The van der Waals surface area contributed by atoms with Crippen molar-refractivity contribution in [1.29, 1.82) is 0 Å². The molecule has 4 heteroatoms. The van der Waals surface area contributed by atoms with Crippen LogP contribution in [0.1, 0.15) is 12.8 Å². The molecule has 0 atom stereocenters. The number of alkyl halides is 1. The average molecular weight is 296 g/mol. The summed E-state index contributed by atoms with van der Waals surface area (Å²) in [6, 6.07) is 9.10. The summed E-state index contributed by atoms with van der Waals surface area (Å²) < 4.78 is 5.69. The maximum atomic E-state index is 11.3. The molecule has 0 amide bonds. The van der Waals surface area contributed by atoms with Gasteiger partial charge in [0.05, 0.1) is 12.1 Å². The van der Waals surface area contributed by atoms with E-state index < -0.39 is 0 Å². The van der Waals surface area contributed by atoms with Crippen LogP contribution in [-0.2, 0) is 0 Å². The second-order valence-electron chi connectivity index (χ2n) is 3.79. The van der Waals surface area contributed by atoms with Crippen molar-refractivity contribution in [1.82, 2.24) is 4.98 Å². The Morgan fingerprint density at radius 1 is 1.18 bits per heavy atom. The minimum Gasteiger partial charge on any atom is -0.491 e. The number of para-hydroxylation sites is 1. The standard InChI is InChI=1S/C13H14BrNO2/c14-8-1-2-9-17-11-5-3-4-10-6-7-12(16)15-13(10)11/h3-7H,1-2,8-9H2,(H,15,16). The third kappa shape index (κ3) is 3.09. The predicted molar refractivity (Wildman–Crippen MR) is 73.1 cm³/mol. The van der Waals surface area contributed by atoms with Crippen LogP contribution in [-0.4, -0.2) is 16.9 Å². The van der Waals surface area contributed by atoms with E-state index in [1.807, 2.05) is 18.2 Å². The van der Waals surface area contributed by atoms with Gasteiger partial charge < -0.3 is 9.72 Å². The molecule has 0 aliphatic heterocycles. The molecule has 90 valence electrons. The first-order valence-electron chi connectivity index (χ1n) is 5.62. The Hall–Kier alpha value is -1.29. The largest absolute Gasteiger partial charge is 0.491 e. The van der Waals surface area contributed by atoms with Crippen LogP contribution in [0.3, 0.4) is 0 Å². The first-order chi connectivity index (χ1) is 8.31. The molecule has 1 aromatic carbocycles. The second-order valence-corrected chi connectivity index (χ2v) is 4.58. The fourth-order valence-electron chi connectivity index (χ4n) is 1.65. The third-order valence-corrected chi connectivity index (χ3v) is 3.07. The highest BCUT2D eigenvalue weighted by Gasteiger charge is 2.02. The van der Waals surface area contributed by atoms with Crippen molar-refractivity contribution in [3.8, 4) is 5.75 Å². The van der Waals surface area contributed by atoms with Gasteiger partial charge in [0.25, 0.3) is 0 Å². The summed E-state index contributed by atoms with van der Waals surface area (Å²) in [7, 11) is 0. The van der Waals surface area contributed by atoms with Crippen molar-refractivity contribution in [2.24, 2.45) is 0 Å². The molecule has 0 fully saturated rings. The number of aromatic nitrogens is 1. The number of fused-ring (bicyclic) bond motifs is 1. The van der Waals surface area contributed by atoms with Gasteiger partial charge in [-0.2, -0.15) is 0 Å². The molecule has 0 aliphatic rings. The zero-order valence-electron chi connectivity index (χ0n) is 9.41. The lowest BCUT2D eigenvalue weighted by Crippen LogP contribution is -2.05. The van der Waals surface area contributed by atoms with Crippen molar-refractivity contribution < 1.29 is 4.74 Å². The summed E-state index contributed by atoms with van der Waals surface area (Å²) in [6.45, 7) is 0.668. The lowest BCUT2D eigenvalue weighted by Gasteiger charge is -2.08. The molecule has 2 aromatic rings. The van der Waals surface area contributed by atoms with Crippen LogP contribution in [0.2, 0.25) is 0 Å². The number of benzene rings is 1. The molecule has 0 unspecified atom stereocenters. The smallest absolute Gasteiger partial charge is 0.248 e. The predicted octanol–water partition coefficient (Wildman–Crippen LogP) is 3.08. The highest BCUT2D eigenvalue weighted by molar-refractivity contribution is 9.09. The first-order valence-corrected chi connectivity index (χ1v) is 6.74. The van der Waals surface area contributed by atoms with Gasteiger partial charge >= 0.3 is 0 Å². The summed E-state index contributed by atoms with van der Waals surface area (Å²) in [4.78, 5) is 14.1. The van der Waals surface area contributed by atoms with E-state index in [1.54, 1.807) is 6.07 Å². The van der Waals surface area contributed by atoms with Gasteiger partial charge in [-0.05, 0) is 25.0 Å². The summed E-state index contributed by atoms with van der Waals surface area (Å²) >= 11 is 3.38. The van der Waals surface area contributed by atoms with Gasteiger partial charge in [-0.3, -0.25) is 4.79 Å². The molecule has 0 saturated heterocycles. The van der Waals surface area contributed by atoms with Crippen LogP contribution in [0.15, 0.2) is 35.1 Å². The van der Waals surface area contributed by atoms with Crippen molar-refractivity contribution in [3.05, 3.63) is 40.7 Å². The average Bonchev–Trinajstić information content (AvgIpc) is 2.35. The summed E-state index contributed by atoms with van der Waals surface area (Å²) in [5, 5.41) is 1.98. The van der Waals surface area contributed by atoms with Crippen molar-refractivity contribution in [2.75, 3.05) is 11.9 Å². The van der Waals surface area contributed by atoms with E-state index >= 15 is 0 Å². The van der Waals surface area contributed by atoms with E-state index in [9.17, 15) is 4.79 Å². The van der Waals surface area contributed by atoms with Crippen LogP contribution in [0.4, 0.5) is 0 Å². The number of hydrogen-bond acceptors (Lipinski definition) is 2. The molecule has 2 rings (SSSR count). The van der Waals surface area contributed by atoms with Gasteiger partial charge in [0.2, 0.25) is 5.56 Å². The minimum absolute atomic E-state index is 0.103. The molecule has 1 aromatic heterocycles. The molecular formula is C13H14BrNO2. The topological polar surface area (TPSA) is 42.1 Å². The van der Waals surface area contributed by atoms with Crippen molar-refractivity contribution >= 4 is 26.8 Å². The van der Waals surface area contributed by atoms with E-state index in [-0.39, 0.29) is 5.56 Å². The summed E-state index contributed by atoms with van der Waals surface area (Å²) in [6.07, 6.45) is 2.08. The van der Waals surface area contributed by atoms with Crippen LogP contribution >= 0.6 is 15.9 Å². The highest BCUT2D eigenvalue weighted by atomic mass is 79.9. The number of H-pyrrole nitrogens is 1. The van der Waals surface area contributed by atoms with Crippen LogP contribution in [0.25, 0.3) is 10.9 Å². The maximum Gasteiger partial charge on any atom is 0.248 e. The highest BCUT2D eigenvalue weighted by Crippen LogP contribution is 2.22. The number of pyridine rings is 1. The monoisotopic (exact) mass is 295 g/mol. The lowest BCUT2D eigenvalue weighted by molar-refractivity contribution is 0.313. The number of aromatic amines is 1. The Bertz CT molecular complexity index is 550. The zero-order chi connectivity index (χ0) is 12.1. The van der Waals surface area contributed by atoms with Gasteiger partial charge in [-0.15, -0.1) is 0 Å². The van der Waals surface area contributed by atoms with Gasteiger partial charge in [0.15, 0.2) is 0 Å². The van der Waals surface area contributed by atoms with E-state index in [0.29, 0.717) is 6.61 Å². The normalized spacial score (nSPS) is 10.6. The molecule has 1 N–H and O–H groups in total. The zero-order valence-corrected chi connectivity index (χ0v) is 11.0. The molecule has 17 heavy (non-hydrogen) atoms. The molecule has 0 aliphatic carbocycles. The first kappa shape index (κ1) is 12.2. The number of rotatable bonds is 5. The molecular weight excluding hydrogens is 282 g/mol. The van der Waals surface area contributed by atoms with E-state index in [1.165, 1.54) is 6.07 Å². The maximum absolute atomic E-state index is 11.3. The molecule has 0 saturated carbocycles. The Morgan fingerprint density at radius 2 is 2.06 bits per heavy atom. The van der Waals surface area contributed by atoms with Crippen molar-refractivity contribution in [3.63, 3.8) is 0 Å². The quantitative estimate of drug-likeness (QED) is 0.680. The SMILES string of the molecule is O=c1ccc2cccc(OCCCCBr)c2[nH]1. The van der Waals surface area contributed by atoms with Crippen LogP contribution < -0.4 is 10.3 Å². The minimum atomic E-state index is -0.103. The molecule has 0 bridgehead atoms. The van der Waals surface area contributed by atoms with Crippen molar-refractivity contribution in [2.45, 2.75) is 12.8 Å². The molecule has 0 radical (unpaired) electrons. The third-order valence-electron chi connectivity index (χ3n) is 2.51. The fourth-order valence-corrected chi connectivity index (χ4v) is 2.05. The van der Waals surface area contributed by atoms with Gasteiger partial charge in [-0.1, -0.05) is 28.1 Å². The summed E-state index contributed by atoms with van der Waals surface area (Å²) in [5.74, 6) is 0.745. The molecule has 0 spiro atoms. The lowest BCUT2D eigenvalue weighted by atomic mass is 10.2. The fraction of sp³-hybridized carbons (Fsp3) is 0.308. The number of hydrogen-bond donors (Lipinski definition) is 1. The number of nitrogens with one attached hydrogen (secondary N) is 1. The van der Waals surface area contributed by atoms with E-state index in [0.717, 1.165) is 34.8 Å². The van der Waals surface area contributed by atoms with E-state index in [4.69, 9.17) is 4.74 Å². The molecule has 3 nitrogen and oxygen atoms in total. The van der Waals surface area contributed by atoms with Gasteiger partial charge in [0.1, 0.15) is 5.75 Å². The Kier molecular flexibility index (Phi) is 4.20. The Labute approximate surface area is 108 Å². The Balaban J connectivity index is 2.21.